The molecule has 1 aromatic rings. The molecule has 0 spiro atoms. The van der Waals surface area contributed by atoms with Crippen molar-refractivity contribution in [3.8, 4) is 0 Å². The van der Waals surface area contributed by atoms with Crippen LogP contribution in [0, 0.1) is 29.1 Å². The van der Waals surface area contributed by atoms with Gasteiger partial charge in [0.25, 0.3) is 0 Å². The van der Waals surface area contributed by atoms with Gasteiger partial charge in [0, 0.05) is 5.57 Å². The molecule has 0 unspecified atom stereocenters. The minimum atomic E-state index is -2.22. The normalized spacial score (nSPS) is 19.6. The third kappa shape index (κ3) is 3.61. The zero-order valence-electron chi connectivity index (χ0n) is 17.5. The molecule has 1 aromatic carbocycles. The van der Waals surface area contributed by atoms with Gasteiger partial charge in [-0.1, -0.05) is 0 Å². The molecular weight excluding hydrogens is 463 g/mol. The minimum Gasteiger partial charge on any atom is -0.249 e. The lowest BCUT2D eigenvalue weighted by molar-refractivity contribution is 0.376. The average Bonchev–Trinajstić information content (AvgIpc) is 3.62. The topological polar surface area (TPSA) is 49.4 Å². The summed E-state index contributed by atoms with van der Waals surface area (Å²) in [7, 11) is 0. The number of fused-ring (bicyclic) bond motifs is 4. The number of nitrogens with zero attached hydrogens (tertiary/aromatic N) is 4. The van der Waals surface area contributed by atoms with Crippen LogP contribution in [-0.4, -0.2) is 22.8 Å². The fraction of sp³-hybridized carbons (Fsp3) is 0. The van der Waals surface area contributed by atoms with Gasteiger partial charge in [0.15, 0.2) is 23.3 Å². The quantitative estimate of drug-likeness (QED) is 0.281. The third-order valence-corrected chi connectivity index (χ3v) is 5.52. The summed E-state index contributed by atoms with van der Waals surface area (Å²) in [6.07, 6.45) is 18.2. The van der Waals surface area contributed by atoms with Crippen LogP contribution < -0.4 is 0 Å². The molecule has 0 saturated heterocycles. The molecule has 5 aliphatic rings. The van der Waals surface area contributed by atoms with Crippen molar-refractivity contribution in [2.24, 2.45) is 20.0 Å². The van der Waals surface area contributed by atoms with Crippen LogP contribution in [0.4, 0.5) is 22.0 Å². The summed E-state index contributed by atoms with van der Waals surface area (Å²) >= 11 is 0. The molecule has 6 rings (SSSR count). The van der Waals surface area contributed by atoms with Crippen LogP contribution in [0.25, 0.3) is 5.57 Å². The highest BCUT2D eigenvalue weighted by atomic mass is 19.2. The highest BCUT2D eigenvalue weighted by Gasteiger charge is 2.31. The van der Waals surface area contributed by atoms with Gasteiger partial charge in [-0.25, -0.2) is 41.9 Å². The zero-order valence-corrected chi connectivity index (χ0v) is 17.5. The molecule has 5 aliphatic heterocycles. The molecule has 8 bridgehead atoms. The molecule has 0 amide bonds. The molecule has 0 N–H and O–H groups in total. The summed E-state index contributed by atoms with van der Waals surface area (Å²) in [4.78, 5) is 17.8. The highest BCUT2D eigenvalue weighted by Crippen LogP contribution is 2.36. The highest BCUT2D eigenvalue weighted by molar-refractivity contribution is 6.19. The molecule has 4 nitrogen and oxygen atoms in total. The Morgan fingerprint density at radius 2 is 0.829 bits per heavy atom. The smallest absolute Gasteiger partial charge is 0.200 e. The van der Waals surface area contributed by atoms with E-state index in [1.165, 1.54) is 18.2 Å². The van der Waals surface area contributed by atoms with Gasteiger partial charge in [-0.3, -0.25) is 0 Å². The van der Waals surface area contributed by atoms with Crippen molar-refractivity contribution >= 4 is 28.4 Å². The van der Waals surface area contributed by atoms with Crippen LogP contribution in [0.15, 0.2) is 110 Å². The summed E-state index contributed by atoms with van der Waals surface area (Å²) < 4.78 is 70.9. The number of benzene rings is 1. The molecule has 0 aliphatic carbocycles. The lowest BCUT2D eigenvalue weighted by Crippen LogP contribution is -2.07. The van der Waals surface area contributed by atoms with E-state index in [4.69, 9.17) is 0 Å². The predicted octanol–water partition coefficient (Wildman–Crippen LogP) is 5.80. The van der Waals surface area contributed by atoms with E-state index >= 15 is 0 Å². The molecule has 35 heavy (non-hydrogen) atoms. The predicted molar refractivity (Wildman–Crippen MR) is 124 cm³/mol. The van der Waals surface area contributed by atoms with Gasteiger partial charge < -0.3 is 0 Å². The molecular formula is C26H11F5N4. The summed E-state index contributed by atoms with van der Waals surface area (Å²) in [5.41, 5.74) is 2.32. The minimum absolute atomic E-state index is 0.0109. The number of rotatable bonds is 1. The number of aliphatic imine (C=N–C) groups is 4. The first kappa shape index (κ1) is 21.0. The summed E-state index contributed by atoms with van der Waals surface area (Å²) in [6.45, 7) is 0. The van der Waals surface area contributed by atoms with Gasteiger partial charge in [0.05, 0.1) is 51.2 Å². The van der Waals surface area contributed by atoms with Gasteiger partial charge in [-0.15, -0.1) is 0 Å². The van der Waals surface area contributed by atoms with Crippen molar-refractivity contribution in [2.45, 2.75) is 0 Å². The van der Waals surface area contributed by atoms with Crippen LogP contribution in [0.2, 0.25) is 0 Å². The molecule has 170 valence electrons. The fourth-order valence-electron chi connectivity index (χ4n) is 3.94. The lowest BCUT2D eigenvalue weighted by Gasteiger charge is -2.10. The zero-order chi connectivity index (χ0) is 24.3. The van der Waals surface area contributed by atoms with Crippen molar-refractivity contribution < 1.29 is 22.0 Å². The Hall–Kier alpha value is -4.53. The summed E-state index contributed by atoms with van der Waals surface area (Å²) in [6, 6.07) is 0. The van der Waals surface area contributed by atoms with Gasteiger partial charge in [0.1, 0.15) is 0 Å². The molecule has 0 fully saturated rings. The van der Waals surface area contributed by atoms with E-state index in [9.17, 15) is 22.0 Å². The van der Waals surface area contributed by atoms with Crippen molar-refractivity contribution in [2.75, 3.05) is 0 Å². The third-order valence-electron chi connectivity index (χ3n) is 5.52. The Bertz CT molecular complexity index is 1590. The standard InChI is InChI=1S/C26H11F5N4/c27-22-21(23(28)25(30)26(31)24(22)29)19-10-18-9-16-4-3-14(33-16)7-12-1-2-13(32-12)8-15-5-6-17(34-15)11-20(19)35-18/h1-11H. The van der Waals surface area contributed by atoms with Crippen molar-refractivity contribution in [1.82, 2.24) is 0 Å². The number of allylic oxidation sites excluding steroid dienone is 12. The maximum absolute atomic E-state index is 14.7. The Morgan fingerprint density at radius 3 is 1.34 bits per heavy atom. The van der Waals surface area contributed by atoms with Gasteiger partial charge in [-0.05, 0) is 66.8 Å². The van der Waals surface area contributed by atoms with Crippen molar-refractivity contribution in [1.29, 1.82) is 0 Å². The molecule has 0 aromatic heterocycles. The molecule has 9 heteroatoms. The van der Waals surface area contributed by atoms with Crippen molar-refractivity contribution in [3.63, 3.8) is 0 Å². The van der Waals surface area contributed by atoms with E-state index in [-0.39, 0.29) is 17.0 Å². The lowest BCUT2D eigenvalue weighted by atomic mass is 10.00. The van der Waals surface area contributed by atoms with Crippen molar-refractivity contribution in [3.05, 3.63) is 124 Å². The molecule has 0 atom stereocenters. The van der Waals surface area contributed by atoms with E-state index in [0.717, 1.165) is 0 Å². The summed E-state index contributed by atoms with van der Waals surface area (Å²) in [5.74, 6) is -10.2. The van der Waals surface area contributed by atoms with Crippen LogP contribution in [0.3, 0.4) is 0 Å². The first-order chi connectivity index (χ1) is 16.9. The van der Waals surface area contributed by atoms with E-state index < -0.39 is 34.6 Å². The second-order valence-corrected chi connectivity index (χ2v) is 7.89. The Morgan fingerprint density at radius 1 is 0.400 bits per heavy atom. The van der Waals surface area contributed by atoms with Crippen LogP contribution in [-0.2, 0) is 0 Å². The first-order valence-corrected chi connectivity index (χ1v) is 10.4. The Labute approximate surface area is 195 Å². The average molecular weight is 474 g/mol. The van der Waals surface area contributed by atoms with E-state index in [2.05, 4.69) is 20.0 Å². The van der Waals surface area contributed by atoms with Gasteiger partial charge >= 0.3 is 0 Å². The fourth-order valence-corrected chi connectivity index (χ4v) is 3.94. The second-order valence-electron chi connectivity index (χ2n) is 7.89. The maximum Gasteiger partial charge on any atom is 0.200 e. The van der Waals surface area contributed by atoms with E-state index in [1.807, 2.05) is 12.2 Å². The summed E-state index contributed by atoms with van der Waals surface area (Å²) in [5, 5.41) is 0. The van der Waals surface area contributed by atoms with E-state index in [1.54, 1.807) is 36.5 Å². The van der Waals surface area contributed by atoms with Crippen LogP contribution >= 0.6 is 0 Å². The number of halogens is 5. The number of hydrogen-bond acceptors (Lipinski definition) is 4. The largest absolute Gasteiger partial charge is 0.249 e. The molecule has 0 saturated carbocycles. The van der Waals surface area contributed by atoms with Crippen LogP contribution in [0.5, 0.6) is 0 Å². The monoisotopic (exact) mass is 474 g/mol. The molecule has 0 radical (unpaired) electrons. The maximum atomic E-state index is 14.7. The van der Waals surface area contributed by atoms with E-state index in [0.29, 0.717) is 34.2 Å². The molecule has 5 heterocycles. The number of hydrogen-bond donors (Lipinski definition) is 0. The Balaban J connectivity index is 1.55. The van der Waals surface area contributed by atoms with Crippen LogP contribution in [0.1, 0.15) is 5.56 Å². The second kappa shape index (κ2) is 7.76. The first-order valence-electron chi connectivity index (χ1n) is 10.4. The SMILES string of the molecule is Fc1c(F)c(F)c(C2=CC3=NC2=CC2=NC(=CC4=NC(=CC5=NC(=C3)C=C5)C=C4)C=C2)c(F)c1F. The van der Waals surface area contributed by atoms with Gasteiger partial charge in [0.2, 0.25) is 5.82 Å². The van der Waals surface area contributed by atoms with Gasteiger partial charge in [-0.2, -0.15) is 0 Å². The Kier molecular flexibility index (Phi) is 4.67.